The second-order valence-corrected chi connectivity index (χ2v) is 4.98. The number of benzene rings is 1. The molecular weight excluding hydrogens is 256 g/mol. The minimum Gasteiger partial charge on any atom is -0.481 e. The molecule has 1 aromatic rings. The Morgan fingerprint density at radius 3 is 2.35 bits per heavy atom. The summed E-state index contributed by atoms with van der Waals surface area (Å²) in [5, 5.41) is 8.66. The van der Waals surface area contributed by atoms with Gasteiger partial charge >= 0.3 is 5.97 Å². The van der Waals surface area contributed by atoms with Crippen LogP contribution in [0.2, 0.25) is 0 Å². The molecule has 20 heavy (non-hydrogen) atoms. The van der Waals surface area contributed by atoms with Crippen molar-refractivity contribution in [1.29, 1.82) is 0 Å². The maximum atomic E-state index is 12.3. The van der Waals surface area contributed by atoms with Crippen LogP contribution < -0.4 is 0 Å². The molecule has 0 bridgehead atoms. The summed E-state index contributed by atoms with van der Waals surface area (Å²) in [6.07, 6.45) is 0.0382. The number of carboxylic acids is 1. The minimum absolute atomic E-state index is 0.0123. The smallest absolute Gasteiger partial charge is 0.304 e. The number of likely N-dealkylation sites (N-methyl/N-ethyl adjacent to an activating group) is 2. The third-order valence-electron chi connectivity index (χ3n) is 3.34. The predicted molar refractivity (Wildman–Crippen MR) is 77.3 cm³/mol. The maximum Gasteiger partial charge on any atom is 0.304 e. The number of hydrogen-bond donors (Lipinski definition) is 1. The van der Waals surface area contributed by atoms with Gasteiger partial charge < -0.3 is 10.0 Å². The number of amides is 1. The van der Waals surface area contributed by atoms with Gasteiger partial charge in [-0.15, -0.1) is 0 Å². The second kappa shape index (κ2) is 7.65. The number of carbonyl (C=O) groups excluding carboxylic acids is 1. The Kier molecular flexibility index (Phi) is 6.18. The van der Waals surface area contributed by atoms with Crippen LogP contribution in [-0.2, 0) is 16.1 Å². The molecule has 0 aromatic heterocycles. The summed E-state index contributed by atoms with van der Waals surface area (Å²) in [6.45, 7) is 2.71. The van der Waals surface area contributed by atoms with Gasteiger partial charge in [0, 0.05) is 20.1 Å². The van der Waals surface area contributed by atoms with Crippen LogP contribution in [-0.4, -0.2) is 53.5 Å². The summed E-state index contributed by atoms with van der Waals surface area (Å²) >= 11 is 0. The molecule has 0 heterocycles. The molecule has 0 aliphatic carbocycles. The van der Waals surface area contributed by atoms with Gasteiger partial charge in [-0.25, -0.2) is 0 Å². The molecule has 1 amide bonds. The Balaban J connectivity index is 2.53. The van der Waals surface area contributed by atoms with Crippen LogP contribution in [0.5, 0.6) is 0 Å². The van der Waals surface area contributed by atoms with E-state index in [2.05, 4.69) is 0 Å². The molecule has 0 fully saturated rings. The van der Waals surface area contributed by atoms with E-state index in [9.17, 15) is 9.59 Å². The van der Waals surface area contributed by atoms with Crippen LogP contribution in [0.3, 0.4) is 0 Å². The molecule has 1 rings (SSSR count). The van der Waals surface area contributed by atoms with Gasteiger partial charge in [0.25, 0.3) is 0 Å². The SMILES string of the molecule is CC(C(=O)N(C)Cc1ccccc1)N(C)CCC(=O)O. The van der Waals surface area contributed by atoms with E-state index in [-0.39, 0.29) is 18.4 Å². The average Bonchev–Trinajstić information content (AvgIpc) is 2.44. The predicted octanol–water partition coefficient (Wildman–Crippen LogP) is 1.44. The molecule has 110 valence electrons. The summed E-state index contributed by atoms with van der Waals surface area (Å²) in [4.78, 5) is 26.2. The summed E-state index contributed by atoms with van der Waals surface area (Å²) in [5.41, 5.74) is 1.07. The Morgan fingerprint density at radius 2 is 1.80 bits per heavy atom. The number of carboxylic acid groups (broad SMARTS) is 1. The van der Waals surface area contributed by atoms with E-state index in [0.29, 0.717) is 13.1 Å². The highest BCUT2D eigenvalue weighted by Crippen LogP contribution is 2.07. The molecule has 0 aliphatic heterocycles. The van der Waals surface area contributed by atoms with Crippen molar-refractivity contribution in [2.45, 2.75) is 25.9 Å². The molecule has 0 radical (unpaired) electrons. The first-order valence-corrected chi connectivity index (χ1v) is 6.62. The van der Waals surface area contributed by atoms with E-state index < -0.39 is 5.97 Å². The van der Waals surface area contributed by atoms with E-state index >= 15 is 0 Å². The fraction of sp³-hybridized carbons (Fsp3) is 0.467. The van der Waals surface area contributed by atoms with E-state index in [4.69, 9.17) is 5.11 Å². The lowest BCUT2D eigenvalue weighted by molar-refractivity contribution is -0.139. The normalized spacial score (nSPS) is 12.2. The van der Waals surface area contributed by atoms with Crippen LogP contribution in [0.25, 0.3) is 0 Å². The zero-order valence-electron chi connectivity index (χ0n) is 12.2. The summed E-state index contributed by atoms with van der Waals surface area (Å²) in [6, 6.07) is 9.44. The maximum absolute atomic E-state index is 12.3. The molecule has 0 saturated carbocycles. The van der Waals surface area contributed by atoms with Crippen molar-refractivity contribution in [2.75, 3.05) is 20.6 Å². The third kappa shape index (κ3) is 5.01. The molecule has 0 spiro atoms. The van der Waals surface area contributed by atoms with Gasteiger partial charge in [-0.3, -0.25) is 14.5 Å². The topological polar surface area (TPSA) is 60.9 Å². The van der Waals surface area contributed by atoms with Crippen LogP contribution in [0.4, 0.5) is 0 Å². The number of aliphatic carboxylic acids is 1. The fourth-order valence-electron chi connectivity index (χ4n) is 1.91. The Hall–Kier alpha value is -1.88. The second-order valence-electron chi connectivity index (χ2n) is 4.98. The lowest BCUT2D eigenvalue weighted by Gasteiger charge is -2.27. The molecule has 0 saturated heterocycles. The lowest BCUT2D eigenvalue weighted by Crippen LogP contribution is -2.44. The first-order chi connectivity index (χ1) is 9.41. The zero-order valence-corrected chi connectivity index (χ0v) is 12.2. The van der Waals surface area contributed by atoms with Crippen molar-refractivity contribution in [3.05, 3.63) is 35.9 Å². The van der Waals surface area contributed by atoms with Crippen molar-refractivity contribution in [2.24, 2.45) is 0 Å². The Morgan fingerprint density at radius 1 is 1.20 bits per heavy atom. The van der Waals surface area contributed by atoms with Gasteiger partial charge in [-0.2, -0.15) is 0 Å². The van der Waals surface area contributed by atoms with Crippen molar-refractivity contribution in [3.8, 4) is 0 Å². The van der Waals surface area contributed by atoms with E-state index in [0.717, 1.165) is 5.56 Å². The first kappa shape index (κ1) is 16.2. The molecular formula is C15H22N2O3. The number of carbonyl (C=O) groups is 2. The number of rotatable bonds is 7. The summed E-state index contributed by atoms with van der Waals surface area (Å²) in [7, 11) is 3.53. The van der Waals surface area contributed by atoms with E-state index in [1.165, 1.54) is 0 Å². The standard InChI is InChI=1S/C15H22N2O3/c1-12(16(2)10-9-14(18)19)15(20)17(3)11-13-7-5-4-6-8-13/h4-8,12H,9-11H2,1-3H3,(H,18,19). The van der Waals surface area contributed by atoms with Crippen LogP contribution in [0.1, 0.15) is 18.9 Å². The van der Waals surface area contributed by atoms with Crippen molar-refractivity contribution in [1.82, 2.24) is 9.80 Å². The fourth-order valence-corrected chi connectivity index (χ4v) is 1.91. The highest BCUT2D eigenvalue weighted by Gasteiger charge is 2.21. The van der Waals surface area contributed by atoms with Crippen molar-refractivity contribution >= 4 is 11.9 Å². The summed E-state index contributed by atoms with van der Waals surface area (Å²) in [5.74, 6) is -0.865. The average molecular weight is 278 g/mol. The molecule has 1 atom stereocenters. The Bertz CT molecular complexity index is 448. The molecule has 5 heteroatoms. The van der Waals surface area contributed by atoms with Gasteiger partial charge in [0.05, 0.1) is 12.5 Å². The highest BCUT2D eigenvalue weighted by molar-refractivity contribution is 5.81. The largest absolute Gasteiger partial charge is 0.481 e. The minimum atomic E-state index is -0.853. The van der Waals surface area contributed by atoms with Gasteiger partial charge in [0.1, 0.15) is 0 Å². The quantitative estimate of drug-likeness (QED) is 0.820. The van der Waals surface area contributed by atoms with Crippen molar-refractivity contribution in [3.63, 3.8) is 0 Å². The number of nitrogens with zero attached hydrogens (tertiary/aromatic N) is 2. The molecule has 1 N–H and O–H groups in total. The monoisotopic (exact) mass is 278 g/mol. The lowest BCUT2D eigenvalue weighted by atomic mass is 10.2. The molecule has 1 unspecified atom stereocenters. The number of hydrogen-bond acceptors (Lipinski definition) is 3. The van der Waals surface area contributed by atoms with Crippen LogP contribution in [0, 0.1) is 0 Å². The van der Waals surface area contributed by atoms with E-state index in [1.807, 2.05) is 30.3 Å². The van der Waals surface area contributed by atoms with Gasteiger partial charge in [0.2, 0.25) is 5.91 Å². The molecule has 0 aliphatic rings. The third-order valence-corrected chi connectivity index (χ3v) is 3.34. The first-order valence-electron chi connectivity index (χ1n) is 6.62. The van der Waals surface area contributed by atoms with Crippen LogP contribution in [0.15, 0.2) is 30.3 Å². The molecule has 1 aromatic carbocycles. The Labute approximate surface area is 119 Å². The highest BCUT2D eigenvalue weighted by atomic mass is 16.4. The van der Waals surface area contributed by atoms with E-state index in [1.54, 1.807) is 30.8 Å². The van der Waals surface area contributed by atoms with Gasteiger partial charge in [0.15, 0.2) is 0 Å². The van der Waals surface area contributed by atoms with Gasteiger partial charge in [-0.1, -0.05) is 30.3 Å². The zero-order chi connectivity index (χ0) is 15.1. The summed E-state index contributed by atoms with van der Waals surface area (Å²) < 4.78 is 0. The van der Waals surface area contributed by atoms with Crippen molar-refractivity contribution < 1.29 is 14.7 Å². The molecule has 5 nitrogen and oxygen atoms in total. The van der Waals surface area contributed by atoms with Crippen LogP contribution >= 0.6 is 0 Å². The van der Waals surface area contributed by atoms with Gasteiger partial charge in [-0.05, 0) is 19.5 Å².